The van der Waals surface area contributed by atoms with Crippen LogP contribution in [0.1, 0.15) is 5.56 Å². The molecule has 5 nitrogen and oxygen atoms in total. The number of methoxy groups -OCH3 is 1. The molecule has 0 fully saturated rings. The summed E-state index contributed by atoms with van der Waals surface area (Å²) in [6, 6.07) is 22.8. The fraction of sp³-hybridized carbons (Fsp3) is 0.0909. The molecule has 0 radical (unpaired) electrons. The minimum atomic E-state index is 0.161. The Hall–Kier alpha value is -3.60. The van der Waals surface area contributed by atoms with Crippen molar-refractivity contribution in [1.29, 1.82) is 0 Å². The molecule has 2 N–H and O–H groups in total. The van der Waals surface area contributed by atoms with Gasteiger partial charge >= 0.3 is 0 Å². The van der Waals surface area contributed by atoms with Gasteiger partial charge in [-0.1, -0.05) is 36.4 Å². The van der Waals surface area contributed by atoms with E-state index < -0.39 is 0 Å². The summed E-state index contributed by atoms with van der Waals surface area (Å²) < 4.78 is 5.20. The van der Waals surface area contributed by atoms with Crippen molar-refractivity contribution in [2.24, 2.45) is 0 Å². The first-order chi connectivity index (χ1) is 13.2. The Morgan fingerprint density at radius 1 is 0.889 bits per heavy atom. The SMILES string of the molecule is COc1ccc(CNc2nc(-c3ccccc3O)nc3ccccc23)cc1. The zero-order valence-electron chi connectivity index (χ0n) is 14.9. The molecule has 0 aliphatic carbocycles. The fourth-order valence-electron chi connectivity index (χ4n) is 2.92. The Bertz CT molecular complexity index is 1080. The molecule has 0 unspecified atom stereocenters. The Balaban J connectivity index is 1.71. The van der Waals surface area contributed by atoms with E-state index in [0.717, 1.165) is 28.0 Å². The smallest absolute Gasteiger partial charge is 0.165 e. The molecular formula is C22H19N3O2. The minimum Gasteiger partial charge on any atom is -0.507 e. The van der Waals surface area contributed by atoms with Crippen molar-refractivity contribution < 1.29 is 9.84 Å². The van der Waals surface area contributed by atoms with E-state index >= 15 is 0 Å². The molecule has 4 aromatic rings. The normalized spacial score (nSPS) is 10.7. The van der Waals surface area contributed by atoms with Gasteiger partial charge in [-0.05, 0) is 42.0 Å². The van der Waals surface area contributed by atoms with Crippen LogP contribution < -0.4 is 10.1 Å². The summed E-state index contributed by atoms with van der Waals surface area (Å²) in [5.41, 5.74) is 2.54. The summed E-state index contributed by atoms with van der Waals surface area (Å²) in [6.07, 6.45) is 0. The number of rotatable bonds is 5. The van der Waals surface area contributed by atoms with Crippen LogP contribution in [0.5, 0.6) is 11.5 Å². The molecule has 5 heteroatoms. The number of hydrogen-bond acceptors (Lipinski definition) is 5. The first kappa shape index (κ1) is 16.8. The highest BCUT2D eigenvalue weighted by molar-refractivity contribution is 5.90. The standard InChI is InChI=1S/C22H19N3O2/c1-27-16-12-10-15(11-13-16)14-23-21-17-6-2-4-8-19(17)24-22(25-21)18-7-3-5-9-20(18)26/h2-13,26H,14H2,1H3,(H,23,24,25). The quantitative estimate of drug-likeness (QED) is 0.545. The molecule has 0 aliphatic rings. The topological polar surface area (TPSA) is 67.3 Å². The highest BCUT2D eigenvalue weighted by Gasteiger charge is 2.12. The highest BCUT2D eigenvalue weighted by atomic mass is 16.5. The number of phenolic OH excluding ortho intramolecular Hbond substituents is 1. The number of anilines is 1. The molecule has 0 amide bonds. The molecule has 4 rings (SSSR count). The van der Waals surface area contributed by atoms with E-state index in [4.69, 9.17) is 4.74 Å². The second-order valence-electron chi connectivity index (χ2n) is 6.13. The van der Waals surface area contributed by atoms with Crippen LogP contribution in [0.15, 0.2) is 72.8 Å². The van der Waals surface area contributed by atoms with Crippen LogP contribution in [-0.4, -0.2) is 22.2 Å². The monoisotopic (exact) mass is 357 g/mol. The van der Waals surface area contributed by atoms with Gasteiger partial charge in [0, 0.05) is 11.9 Å². The molecule has 0 atom stereocenters. The number of para-hydroxylation sites is 2. The molecule has 0 saturated carbocycles. The predicted octanol–water partition coefficient (Wildman–Crippen LogP) is 4.62. The Labute approximate surface area is 157 Å². The first-order valence-corrected chi connectivity index (χ1v) is 8.66. The lowest BCUT2D eigenvalue weighted by atomic mass is 10.1. The molecule has 3 aromatic carbocycles. The maximum absolute atomic E-state index is 10.2. The molecule has 0 bridgehead atoms. The van der Waals surface area contributed by atoms with Gasteiger partial charge in [-0.25, -0.2) is 9.97 Å². The van der Waals surface area contributed by atoms with Crippen molar-refractivity contribution in [3.8, 4) is 22.9 Å². The average molecular weight is 357 g/mol. The van der Waals surface area contributed by atoms with E-state index in [-0.39, 0.29) is 5.75 Å². The summed E-state index contributed by atoms with van der Waals surface area (Å²) in [6.45, 7) is 0.616. The zero-order chi connectivity index (χ0) is 18.6. The number of benzene rings is 3. The lowest BCUT2D eigenvalue weighted by molar-refractivity contribution is 0.414. The number of phenols is 1. The lowest BCUT2D eigenvalue weighted by Gasteiger charge is -2.12. The van der Waals surface area contributed by atoms with E-state index in [1.165, 1.54) is 0 Å². The van der Waals surface area contributed by atoms with E-state index in [1.807, 2.05) is 60.7 Å². The van der Waals surface area contributed by atoms with Crippen molar-refractivity contribution in [2.75, 3.05) is 12.4 Å². The first-order valence-electron chi connectivity index (χ1n) is 8.66. The van der Waals surface area contributed by atoms with Crippen molar-refractivity contribution in [3.63, 3.8) is 0 Å². The van der Waals surface area contributed by atoms with Gasteiger partial charge in [0.2, 0.25) is 0 Å². The van der Waals surface area contributed by atoms with E-state index in [1.54, 1.807) is 19.2 Å². The zero-order valence-corrected chi connectivity index (χ0v) is 14.9. The molecule has 27 heavy (non-hydrogen) atoms. The largest absolute Gasteiger partial charge is 0.507 e. The summed E-state index contributed by atoms with van der Waals surface area (Å²) in [5, 5.41) is 14.5. The second kappa shape index (κ2) is 7.33. The maximum atomic E-state index is 10.2. The van der Waals surface area contributed by atoms with Crippen molar-refractivity contribution in [3.05, 3.63) is 78.4 Å². The van der Waals surface area contributed by atoms with Gasteiger partial charge in [0.25, 0.3) is 0 Å². The third-order valence-corrected chi connectivity index (χ3v) is 4.37. The molecule has 1 heterocycles. The van der Waals surface area contributed by atoms with Crippen LogP contribution in [0, 0.1) is 0 Å². The maximum Gasteiger partial charge on any atom is 0.165 e. The van der Waals surface area contributed by atoms with Gasteiger partial charge in [-0.3, -0.25) is 0 Å². The molecule has 0 aliphatic heterocycles. The van der Waals surface area contributed by atoms with Gasteiger partial charge < -0.3 is 15.2 Å². The third kappa shape index (κ3) is 3.53. The molecule has 1 aromatic heterocycles. The van der Waals surface area contributed by atoms with Gasteiger partial charge in [-0.15, -0.1) is 0 Å². The molecule has 0 spiro atoms. The van der Waals surface area contributed by atoms with Crippen LogP contribution in [0.4, 0.5) is 5.82 Å². The third-order valence-electron chi connectivity index (χ3n) is 4.37. The van der Waals surface area contributed by atoms with Crippen molar-refractivity contribution in [2.45, 2.75) is 6.54 Å². The summed E-state index contributed by atoms with van der Waals surface area (Å²) in [4.78, 5) is 9.29. The molecular weight excluding hydrogens is 338 g/mol. The van der Waals surface area contributed by atoms with Crippen LogP contribution in [-0.2, 0) is 6.54 Å². The fourth-order valence-corrected chi connectivity index (χ4v) is 2.92. The average Bonchev–Trinajstić information content (AvgIpc) is 2.72. The Morgan fingerprint density at radius 2 is 1.63 bits per heavy atom. The summed E-state index contributed by atoms with van der Waals surface area (Å²) in [7, 11) is 1.65. The number of aromatic nitrogens is 2. The number of fused-ring (bicyclic) bond motifs is 1. The Kier molecular flexibility index (Phi) is 4.58. The van der Waals surface area contributed by atoms with E-state index in [9.17, 15) is 5.11 Å². The van der Waals surface area contributed by atoms with Gasteiger partial charge in [0.05, 0.1) is 18.2 Å². The number of ether oxygens (including phenoxy) is 1. The second-order valence-corrected chi connectivity index (χ2v) is 6.13. The van der Waals surface area contributed by atoms with Crippen LogP contribution in [0.25, 0.3) is 22.3 Å². The number of nitrogens with one attached hydrogen (secondary N) is 1. The number of hydrogen-bond donors (Lipinski definition) is 2. The van der Waals surface area contributed by atoms with Crippen LogP contribution in [0.3, 0.4) is 0 Å². The molecule has 0 saturated heterocycles. The number of aromatic hydroxyl groups is 1. The van der Waals surface area contributed by atoms with Gasteiger partial charge in [0.15, 0.2) is 5.82 Å². The molecule has 134 valence electrons. The van der Waals surface area contributed by atoms with Gasteiger partial charge in [-0.2, -0.15) is 0 Å². The predicted molar refractivity (Wildman–Crippen MR) is 107 cm³/mol. The van der Waals surface area contributed by atoms with Gasteiger partial charge in [0.1, 0.15) is 17.3 Å². The minimum absolute atomic E-state index is 0.161. The van der Waals surface area contributed by atoms with E-state index in [0.29, 0.717) is 17.9 Å². The lowest BCUT2D eigenvalue weighted by Crippen LogP contribution is -2.04. The summed E-state index contributed by atoms with van der Waals surface area (Å²) in [5.74, 6) is 2.21. The van der Waals surface area contributed by atoms with Crippen molar-refractivity contribution in [1.82, 2.24) is 9.97 Å². The highest BCUT2D eigenvalue weighted by Crippen LogP contribution is 2.30. The van der Waals surface area contributed by atoms with Crippen LogP contribution >= 0.6 is 0 Å². The van der Waals surface area contributed by atoms with E-state index in [2.05, 4.69) is 15.3 Å². The number of nitrogens with zero attached hydrogens (tertiary/aromatic N) is 2. The summed E-state index contributed by atoms with van der Waals surface area (Å²) >= 11 is 0. The van der Waals surface area contributed by atoms with Crippen molar-refractivity contribution >= 4 is 16.7 Å². The Morgan fingerprint density at radius 3 is 2.41 bits per heavy atom. The van der Waals surface area contributed by atoms with Crippen LogP contribution in [0.2, 0.25) is 0 Å².